The maximum absolute atomic E-state index is 13.8. The van der Waals surface area contributed by atoms with E-state index >= 15 is 0 Å². The molecule has 2 aromatic rings. The molecule has 0 unspecified atom stereocenters. The second-order valence-electron chi connectivity index (χ2n) is 6.08. The van der Waals surface area contributed by atoms with Gasteiger partial charge in [0.15, 0.2) is 23.7 Å². The molecule has 3 rings (SSSR count). The van der Waals surface area contributed by atoms with Gasteiger partial charge < -0.3 is 14.2 Å². The highest BCUT2D eigenvalue weighted by atomic mass is 19.1. The number of hydrogen-bond donors (Lipinski definition) is 0. The van der Waals surface area contributed by atoms with Crippen LogP contribution >= 0.6 is 0 Å². The van der Waals surface area contributed by atoms with E-state index in [1.54, 1.807) is 19.1 Å². The SMILES string of the molecule is Cc1cc(F)c(OCC2COC(c3ccc(C#N)c(F)c3)OC2)c(F)c1. The van der Waals surface area contributed by atoms with Crippen LogP contribution in [0.2, 0.25) is 0 Å². The van der Waals surface area contributed by atoms with E-state index in [1.807, 2.05) is 0 Å². The average Bonchev–Trinajstić information content (AvgIpc) is 2.61. The minimum absolute atomic E-state index is 0.0192. The highest BCUT2D eigenvalue weighted by Crippen LogP contribution is 2.28. The molecule has 1 saturated heterocycles. The molecule has 0 bridgehead atoms. The molecular formula is C19H16F3NO3. The Bertz CT molecular complexity index is 819. The Balaban J connectivity index is 1.56. The summed E-state index contributed by atoms with van der Waals surface area (Å²) in [4.78, 5) is 0. The molecule has 0 atom stereocenters. The molecule has 1 aliphatic rings. The van der Waals surface area contributed by atoms with Crippen molar-refractivity contribution in [2.24, 2.45) is 5.92 Å². The van der Waals surface area contributed by atoms with Gasteiger partial charge in [0.05, 0.1) is 25.4 Å². The molecular weight excluding hydrogens is 347 g/mol. The summed E-state index contributed by atoms with van der Waals surface area (Å²) in [5.74, 6) is -2.81. The minimum Gasteiger partial charge on any atom is -0.487 e. The van der Waals surface area contributed by atoms with Crippen molar-refractivity contribution in [3.63, 3.8) is 0 Å². The quantitative estimate of drug-likeness (QED) is 0.823. The Morgan fingerprint density at radius 1 is 1.08 bits per heavy atom. The van der Waals surface area contributed by atoms with Gasteiger partial charge in [0.1, 0.15) is 11.9 Å². The standard InChI is InChI=1S/C19H16F3NO3/c1-11-4-16(21)18(17(22)5-11)24-8-12-9-25-19(26-10-12)13-2-3-14(7-23)15(20)6-13/h2-6,12,19H,8-10H2,1H3. The molecule has 1 fully saturated rings. The molecule has 26 heavy (non-hydrogen) atoms. The van der Waals surface area contributed by atoms with Crippen molar-refractivity contribution in [2.75, 3.05) is 19.8 Å². The summed E-state index contributed by atoms with van der Waals surface area (Å²) in [6.07, 6.45) is -0.763. The van der Waals surface area contributed by atoms with E-state index in [2.05, 4.69) is 0 Å². The van der Waals surface area contributed by atoms with Gasteiger partial charge in [-0.15, -0.1) is 0 Å². The monoisotopic (exact) mass is 363 g/mol. The van der Waals surface area contributed by atoms with Crippen LogP contribution in [0.15, 0.2) is 30.3 Å². The second-order valence-corrected chi connectivity index (χ2v) is 6.08. The summed E-state index contributed by atoms with van der Waals surface area (Å²) in [6, 6.07) is 8.24. The molecule has 136 valence electrons. The Morgan fingerprint density at radius 3 is 2.31 bits per heavy atom. The number of ether oxygens (including phenoxy) is 3. The normalized spacial score (nSPS) is 19.8. The Labute approximate surface area is 148 Å². The van der Waals surface area contributed by atoms with E-state index in [0.29, 0.717) is 11.1 Å². The van der Waals surface area contributed by atoms with Crippen LogP contribution in [0, 0.1) is 41.6 Å². The lowest BCUT2D eigenvalue weighted by molar-refractivity contribution is -0.208. The summed E-state index contributed by atoms with van der Waals surface area (Å²) in [5.41, 5.74) is 0.864. The van der Waals surface area contributed by atoms with Gasteiger partial charge in [-0.05, 0) is 36.8 Å². The van der Waals surface area contributed by atoms with Crippen LogP contribution in [-0.2, 0) is 9.47 Å². The van der Waals surface area contributed by atoms with E-state index in [0.717, 1.165) is 0 Å². The Kier molecular flexibility index (Phi) is 5.45. The summed E-state index contributed by atoms with van der Waals surface area (Å²) in [5, 5.41) is 8.74. The van der Waals surface area contributed by atoms with E-state index in [9.17, 15) is 13.2 Å². The summed E-state index contributed by atoms with van der Waals surface area (Å²) in [6.45, 7) is 2.05. The van der Waals surface area contributed by atoms with Crippen molar-refractivity contribution in [2.45, 2.75) is 13.2 Å². The van der Waals surface area contributed by atoms with E-state index in [-0.39, 0.29) is 31.3 Å². The van der Waals surface area contributed by atoms with Crippen LogP contribution in [0.25, 0.3) is 0 Å². The van der Waals surface area contributed by atoms with Crippen LogP contribution in [0.3, 0.4) is 0 Å². The van der Waals surface area contributed by atoms with Gasteiger partial charge in [-0.3, -0.25) is 0 Å². The van der Waals surface area contributed by atoms with Gasteiger partial charge in [-0.2, -0.15) is 5.26 Å². The molecule has 0 amide bonds. The first-order chi connectivity index (χ1) is 12.5. The first-order valence-electron chi connectivity index (χ1n) is 7.99. The first kappa shape index (κ1) is 18.2. The van der Waals surface area contributed by atoms with Gasteiger partial charge in [-0.1, -0.05) is 6.07 Å². The molecule has 7 heteroatoms. The van der Waals surface area contributed by atoms with Crippen LogP contribution in [-0.4, -0.2) is 19.8 Å². The van der Waals surface area contributed by atoms with Crippen molar-refractivity contribution in [1.82, 2.24) is 0 Å². The molecule has 1 aliphatic heterocycles. The van der Waals surface area contributed by atoms with Crippen LogP contribution in [0.4, 0.5) is 13.2 Å². The number of nitriles is 1. The molecule has 2 aromatic carbocycles. The van der Waals surface area contributed by atoms with Crippen molar-refractivity contribution in [1.29, 1.82) is 5.26 Å². The van der Waals surface area contributed by atoms with Crippen molar-refractivity contribution < 1.29 is 27.4 Å². The van der Waals surface area contributed by atoms with E-state index < -0.39 is 29.5 Å². The third-order valence-electron chi connectivity index (χ3n) is 3.96. The summed E-state index contributed by atoms with van der Waals surface area (Å²) >= 11 is 0. The van der Waals surface area contributed by atoms with Gasteiger partial charge in [-0.25, -0.2) is 13.2 Å². The van der Waals surface area contributed by atoms with Crippen molar-refractivity contribution >= 4 is 0 Å². The Hall–Kier alpha value is -2.56. The fourth-order valence-corrected chi connectivity index (χ4v) is 2.63. The van der Waals surface area contributed by atoms with Crippen molar-refractivity contribution in [3.8, 4) is 11.8 Å². The smallest absolute Gasteiger partial charge is 0.190 e. The predicted octanol–water partition coefficient (Wildman–Crippen LogP) is 4.02. The zero-order valence-electron chi connectivity index (χ0n) is 14.0. The lowest BCUT2D eigenvalue weighted by Gasteiger charge is -2.29. The van der Waals surface area contributed by atoms with Gasteiger partial charge >= 0.3 is 0 Å². The average molecular weight is 363 g/mol. The topological polar surface area (TPSA) is 51.5 Å². The lowest BCUT2D eigenvalue weighted by Crippen LogP contribution is -2.31. The molecule has 0 N–H and O–H groups in total. The number of rotatable bonds is 4. The van der Waals surface area contributed by atoms with Crippen LogP contribution in [0.1, 0.15) is 23.0 Å². The predicted molar refractivity (Wildman–Crippen MR) is 85.8 cm³/mol. The van der Waals surface area contributed by atoms with E-state index in [4.69, 9.17) is 19.5 Å². The molecule has 0 spiro atoms. The molecule has 0 aromatic heterocycles. The van der Waals surface area contributed by atoms with Crippen molar-refractivity contribution in [3.05, 3.63) is 64.5 Å². The van der Waals surface area contributed by atoms with Crippen LogP contribution < -0.4 is 4.74 Å². The maximum atomic E-state index is 13.8. The number of halogens is 3. The maximum Gasteiger partial charge on any atom is 0.190 e. The second kappa shape index (κ2) is 7.77. The first-order valence-corrected chi connectivity index (χ1v) is 7.99. The molecule has 4 nitrogen and oxygen atoms in total. The fourth-order valence-electron chi connectivity index (χ4n) is 2.63. The number of benzene rings is 2. The molecule has 0 saturated carbocycles. The highest BCUT2D eigenvalue weighted by Gasteiger charge is 2.25. The van der Waals surface area contributed by atoms with Crippen LogP contribution in [0.5, 0.6) is 5.75 Å². The zero-order valence-corrected chi connectivity index (χ0v) is 14.0. The van der Waals surface area contributed by atoms with Gasteiger partial charge in [0.25, 0.3) is 0 Å². The highest BCUT2D eigenvalue weighted by molar-refractivity contribution is 5.34. The molecule has 1 heterocycles. The number of aryl methyl sites for hydroxylation is 1. The molecule has 0 aliphatic carbocycles. The summed E-state index contributed by atoms with van der Waals surface area (Å²) in [7, 11) is 0. The van der Waals surface area contributed by atoms with Gasteiger partial charge in [0.2, 0.25) is 0 Å². The fraction of sp³-hybridized carbons (Fsp3) is 0.316. The lowest BCUT2D eigenvalue weighted by atomic mass is 10.1. The van der Waals surface area contributed by atoms with E-state index in [1.165, 1.54) is 24.3 Å². The number of hydrogen-bond acceptors (Lipinski definition) is 4. The third kappa shape index (κ3) is 3.98. The summed E-state index contributed by atoms with van der Waals surface area (Å²) < 4.78 is 57.5. The van der Waals surface area contributed by atoms with Gasteiger partial charge in [0, 0.05) is 11.5 Å². The number of nitrogens with zero attached hydrogens (tertiary/aromatic N) is 1. The largest absolute Gasteiger partial charge is 0.487 e. The molecule has 0 radical (unpaired) electrons. The third-order valence-corrected chi connectivity index (χ3v) is 3.96. The zero-order chi connectivity index (χ0) is 18.7. The minimum atomic E-state index is -0.763. The Morgan fingerprint density at radius 2 is 1.73 bits per heavy atom.